The van der Waals surface area contributed by atoms with Gasteiger partial charge < -0.3 is 5.11 Å². The normalized spacial score (nSPS) is 16.1. The second kappa shape index (κ2) is 2.44. The first-order valence-electron chi connectivity index (χ1n) is 2.63. The molecule has 0 rings (SSSR count). The SMILES string of the molecule is CC(C)(C)NC(N)O. The van der Waals surface area contributed by atoms with Crippen molar-refractivity contribution in [3.8, 4) is 0 Å². The van der Waals surface area contributed by atoms with Gasteiger partial charge in [0.05, 0.1) is 0 Å². The molecule has 0 aliphatic heterocycles. The van der Waals surface area contributed by atoms with Crippen molar-refractivity contribution in [2.75, 3.05) is 0 Å². The second-order valence-electron chi connectivity index (χ2n) is 2.84. The van der Waals surface area contributed by atoms with E-state index in [9.17, 15) is 0 Å². The van der Waals surface area contributed by atoms with Crippen molar-refractivity contribution in [3.05, 3.63) is 0 Å². The van der Waals surface area contributed by atoms with Crippen LogP contribution in [-0.4, -0.2) is 17.0 Å². The van der Waals surface area contributed by atoms with E-state index in [0.717, 1.165) is 0 Å². The summed E-state index contributed by atoms with van der Waals surface area (Å²) in [6.07, 6.45) is -0.907. The van der Waals surface area contributed by atoms with Crippen molar-refractivity contribution >= 4 is 0 Å². The molecular formula is C5H14N2O. The quantitative estimate of drug-likeness (QED) is 0.411. The fourth-order valence-corrected chi connectivity index (χ4v) is 0.444. The molecule has 50 valence electrons. The monoisotopic (exact) mass is 118 g/mol. The van der Waals surface area contributed by atoms with Crippen molar-refractivity contribution in [3.63, 3.8) is 0 Å². The van der Waals surface area contributed by atoms with Gasteiger partial charge in [-0.25, -0.2) is 0 Å². The zero-order valence-corrected chi connectivity index (χ0v) is 5.60. The molecule has 4 N–H and O–H groups in total. The minimum atomic E-state index is -0.907. The molecule has 0 amide bonds. The van der Waals surface area contributed by atoms with E-state index in [1.807, 2.05) is 20.8 Å². The number of aliphatic hydroxyl groups is 1. The average Bonchev–Trinajstić information content (AvgIpc) is 1.21. The summed E-state index contributed by atoms with van der Waals surface area (Å²) >= 11 is 0. The summed E-state index contributed by atoms with van der Waals surface area (Å²) in [5.74, 6) is 0. The highest BCUT2D eigenvalue weighted by Gasteiger charge is 2.10. The Hall–Kier alpha value is -0.120. The van der Waals surface area contributed by atoms with Crippen LogP contribution in [0.4, 0.5) is 0 Å². The Morgan fingerprint density at radius 3 is 1.88 bits per heavy atom. The summed E-state index contributed by atoms with van der Waals surface area (Å²) in [4.78, 5) is 0. The van der Waals surface area contributed by atoms with Gasteiger partial charge in [-0.2, -0.15) is 0 Å². The topological polar surface area (TPSA) is 58.3 Å². The van der Waals surface area contributed by atoms with Gasteiger partial charge in [0.1, 0.15) is 0 Å². The van der Waals surface area contributed by atoms with Gasteiger partial charge in [0.25, 0.3) is 0 Å². The molecular weight excluding hydrogens is 104 g/mol. The van der Waals surface area contributed by atoms with Crippen molar-refractivity contribution < 1.29 is 5.11 Å². The van der Waals surface area contributed by atoms with E-state index in [2.05, 4.69) is 5.32 Å². The molecule has 0 radical (unpaired) electrons. The lowest BCUT2D eigenvalue weighted by molar-refractivity contribution is 0.112. The van der Waals surface area contributed by atoms with E-state index >= 15 is 0 Å². The lowest BCUT2D eigenvalue weighted by atomic mass is 10.1. The number of aliphatic hydroxyl groups excluding tert-OH is 1. The van der Waals surface area contributed by atoms with Crippen molar-refractivity contribution in [1.82, 2.24) is 5.32 Å². The van der Waals surface area contributed by atoms with Gasteiger partial charge in [0.15, 0.2) is 6.35 Å². The molecule has 0 spiro atoms. The minimum absolute atomic E-state index is 0.103. The largest absolute Gasteiger partial charge is 0.366 e. The number of hydrogen-bond donors (Lipinski definition) is 3. The molecule has 0 heterocycles. The van der Waals surface area contributed by atoms with E-state index in [-0.39, 0.29) is 5.54 Å². The molecule has 0 aromatic heterocycles. The summed E-state index contributed by atoms with van der Waals surface area (Å²) in [5.41, 5.74) is 4.92. The predicted octanol–water partition coefficient (Wildman–Crippen LogP) is -0.391. The third kappa shape index (κ3) is 5.88. The third-order valence-corrected chi connectivity index (χ3v) is 0.581. The Kier molecular flexibility index (Phi) is 2.40. The van der Waals surface area contributed by atoms with Gasteiger partial charge in [0, 0.05) is 5.54 Å². The van der Waals surface area contributed by atoms with E-state index in [4.69, 9.17) is 10.8 Å². The highest BCUT2D eigenvalue weighted by molar-refractivity contribution is 4.69. The Morgan fingerprint density at radius 2 is 1.88 bits per heavy atom. The zero-order valence-electron chi connectivity index (χ0n) is 5.60. The predicted molar refractivity (Wildman–Crippen MR) is 33.1 cm³/mol. The summed E-state index contributed by atoms with van der Waals surface area (Å²) in [6.45, 7) is 5.80. The first-order chi connectivity index (χ1) is 3.42. The minimum Gasteiger partial charge on any atom is -0.366 e. The molecule has 0 aliphatic carbocycles. The first-order valence-corrected chi connectivity index (χ1v) is 2.63. The number of rotatable bonds is 1. The second-order valence-corrected chi connectivity index (χ2v) is 2.84. The van der Waals surface area contributed by atoms with Gasteiger partial charge in [-0.3, -0.25) is 11.1 Å². The van der Waals surface area contributed by atoms with Crippen LogP contribution in [0.5, 0.6) is 0 Å². The van der Waals surface area contributed by atoms with Crippen LogP contribution in [0.3, 0.4) is 0 Å². The highest BCUT2D eigenvalue weighted by atomic mass is 16.3. The first kappa shape index (κ1) is 7.88. The number of hydrogen-bond acceptors (Lipinski definition) is 3. The van der Waals surface area contributed by atoms with Gasteiger partial charge in [-0.1, -0.05) is 0 Å². The molecule has 0 fully saturated rings. The van der Waals surface area contributed by atoms with Crippen molar-refractivity contribution in [2.24, 2.45) is 5.73 Å². The van der Waals surface area contributed by atoms with Gasteiger partial charge in [0.2, 0.25) is 0 Å². The summed E-state index contributed by atoms with van der Waals surface area (Å²) in [7, 11) is 0. The van der Waals surface area contributed by atoms with Gasteiger partial charge in [-0.05, 0) is 20.8 Å². The number of nitrogens with two attached hydrogens (primary N) is 1. The molecule has 1 unspecified atom stereocenters. The van der Waals surface area contributed by atoms with Crippen molar-refractivity contribution in [2.45, 2.75) is 32.7 Å². The van der Waals surface area contributed by atoms with E-state index in [1.54, 1.807) is 0 Å². The molecule has 0 aliphatic rings. The van der Waals surface area contributed by atoms with Gasteiger partial charge >= 0.3 is 0 Å². The van der Waals surface area contributed by atoms with E-state index in [0.29, 0.717) is 0 Å². The van der Waals surface area contributed by atoms with Crippen LogP contribution in [0.25, 0.3) is 0 Å². The fourth-order valence-electron chi connectivity index (χ4n) is 0.444. The molecule has 0 saturated heterocycles. The molecule has 3 heteroatoms. The average molecular weight is 118 g/mol. The maximum atomic E-state index is 8.55. The zero-order chi connectivity index (χ0) is 6.78. The van der Waals surface area contributed by atoms with Gasteiger partial charge in [-0.15, -0.1) is 0 Å². The van der Waals surface area contributed by atoms with Crippen LogP contribution in [0, 0.1) is 0 Å². The Morgan fingerprint density at radius 1 is 1.50 bits per heavy atom. The molecule has 0 aromatic carbocycles. The molecule has 0 saturated carbocycles. The van der Waals surface area contributed by atoms with E-state index < -0.39 is 6.35 Å². The summed E-state index contributed by atoms with van der Waals surface area (Å²) in [6, 6.07) is 0. The summed E-state index contributed by atoms with van der Waals surface area (Å²) < 4.78 is 0. The fraction of sp³-hybridized carbons (Fsp3) is 1.00. The molecule has 8 heavy (non-hydrogen) atoms. The molecule has 3 nitrogen and oxygen atoms in total. The van der Waals surface area contributed by atoms with Crippen LogP contribution in [0.2, 0.25) is 0 Å². The van der Waals surface area contributed by atoms with E-state index in [1.165, 1.54) is 0 Å². The Labute approximate surface area is 49.9 Å². The standard InChI is InChI=1S/C5H14N2O/c1-5(2,3)7-4(6)8/h4,7-8H,6H2,1-3H3. The smallest absolute Gasteiger partial charge is 0.158 e. The van der Waals surface area contributed by atoms with Crippen LogP contribution >= 0.6 is 0 Å². The van der Waals surface area contributed by atoms with Crippen LogP contribution in [0.1, 0.15) is 20.8 Å². The maximum absolute atomic E-state index is 8.55. The van der Waals surface area contributed by atoms with Crippen LogP contribution in [0.15, 0.2) is 0 Å². The molecule has 0 bridgehead atoms. The van der Waals surface area contributed by atoms with Crippen LogP contribution in [-0.2, 0) is 0 Å². The Balaban J connectivity index is 3.39. The lowest BCUT2D eigenvalue weighted by Gasteiger charge is -2.21. The van der Waals surface area contributed by atoms with Crippen molar-refractivity contribution in [1.29, 1.82) is 0 Å². The maximum Gasteiger partial charge on any atom is 0.158 e. The highest BCUT2D eigenvalue weighted by Crippen LogP contribution is 1.96. The third-order valence-electron chi connectivity index (χ3n) is 0.581. The molecule has 0 aromatic rings. The molecule has 1 atom stereocenters. The lowest BCUT2D eigenvalue weighted by Crippen LogP contribution is -2.48. The number of nitrogens with one attached hydrogen (secondary N) is 1. The Bertz CT molecular complexity index is 65.3. The summed E-state index contributed by atoms with van der Waals surface area (Å²) in [5, 5.41) is 11.3. The van der Waals surface area contributed by atoms with Crippen LogP contribution < -0.4 is 11.1 Å².